The molecule has 3 atom stereocenters. The summed E-state index contributed by atoms with van der Waals surface area (Å²) in [5, 5.41) is 1.01. The number of carbonyl (C=O) groups excluding carboxylic acids is 1. The second-order valence-electron chi connectivity index (χ2n) is 17.2. The quantitative estimate of drug-likeness (QED) is 0.0503. The molecule has 1 amide bonds. The molecule has 0 aliphatic carbocycles. The molecule has 15 heteroatoms. The minimum atomic E-state index is -2.33. The summed E-state index contributed by atoms with van der Waals surface area (Å²) in [6, 6.07) is 5.91. The molecular weight excluding hydrogens is 781 g/mol. The first-order valence-electron chi connectivity index (χ1n) is 19.8. The first-order valence-corrected chi connectivity index (χ1v) is 23.6. The van der Waals surface area contributed by atoms with Crippen molar-refractivity contribution in [1.29, 1.82) is 0 Å². The molecule has 4 heterocycles. The monoisotopic (exact) mass is 835 g/mol. The normalized spacial score (nSPS) is 17.7. The van der Waals surface area contributed by atoms with Crippen molar-refractivity contribution >= 4 is 52.8 Å². The van der Waals surface area contributed by atoms with Crippen LogP contribution < -0.4 is 14.4 Å². The van der Waals surface area contributed by atoms with E-state index in [1.54, 1.807) is 23.1 Å². The van der Waals surface area contributed by atoms with Crippen molar-refractivity contribution in [1.82, 2.24) is 19.9 Å². The molecule has 2 aromatic carbocycles. The number of nitrogens with zero attached hydrogens (tertiary/aromatic N) is 5. The van der Waals surface area contributed by atoms with Crippen molar-refractivity contribution in [2.75, 3.05) is 45.3 Å². The van der Waals surface area contributed by atoms with E-state index in [1.807, 2.05) is 25.7 Å². The van der Waals surface area contributed by atoms with Crippen molar-refractivity contribution in [2.45, 2.75) is 115 Å². The molecule has 3 unspecified atom stereocenters. The van der Waals surface area contributed by atoms with Crippen LogP contribution in [-0.4, -0.2) is 96.6 Å². The first-order chi connectivity index (χ1) is 27.3. The summed E-state index contributed by atoms with van der Waals surface area (Å²) in [7, 11) is 0.578. The van der Waals surface area contributed by atoms with Crippen molar-refractivity contribution in [3.8, 4) is 34.4 Å². The zero-order chi connectivity index (χ0) is 42.4. The lowest BCUT2D eigenvalue weighted by atomic mass is 9.95. The zero-order valence-corrected chi connectivity index (χ0v) is 37.4. The number of methoxy groups -OCH3 is 2. The number of amides is 1. The number of benzene rings is 2. The number of anilines is 1. The Kier molecular flexibility index (Phi) is 12.5. The maximum absolute atomic E-state index is 17.6. The lowest BCUT2D eigenvalue weighted by Crippen LogP contribution is -2.57. The van der Waals surface area contributed by atoms with Crippen LogP contribution in [0.3, 0.4) is 0 Å². The largest absolute Gasteiger partial charge is 0.609 e. The highest BCUT2D eigenvalue weighted by molar-refractivity contribution is 7.90. The number of carbonyl (C=O) groups is 1. The minimum Gasteiger partial charge on any atom is -0.609 e. The van der Waals surface area contributed by atoms with Gasteiger partial charge in [-0.1, -0.05) is 53.5 Å². The van der Waals surface area contributed by atoms with Crippen molar-refractivity contribution in [2.24, 2.45) is 0 Å². The molecule has 2 aliphatic heterocycles. The molecule has 2 aromatic heterocycles. The fourth-order valence-corrected chi connectivity index (χ4v) is 14.7. The molecule has 2 saturated heterocycles. The molecule has 0 radical (unpaired) electrons. The summed E-state index contributed by atoms with van der Waals surface area (Å²) in [4.78, 5) is 31.0. The Bertz CT molecular complexity index is 2240. The summed E-state index contributed by atoms with van der Waals surface area (Å²) >= 11 is -1.71. The van der Waals surface area contributed by atoms with Crippen LogP contribution in [0.15, 0.2) is 29.4 Å². The molecule has 11 nitrogen and oxygen atoms in total. The number of piperazine rings is 1. The van der Waals surface area contributed by atoms with Crippen LogP contribution in [0.5, 0.6) is 11.6 Å². The molecule has 2 bridgehead atoms. The summed E-state index contributed by atoms with van der Waals surface area (Å²) in [6.45, 7) is 19.3. The maximum Gasteiger partial charge on any atom is 0.410 e. The molecule has 4 aromatic rings. The van der Waals surface area contributed by atoms with Gasteiger partial charge in [-0.2, -0.15) is 9.97 Å². The topological polar surface area (TPSA) is 122 Å². The van der Waals surface area contributed by atoms with Gasteiger partial charge in [-0.3, -0.25) is 4.90 Å². The highest BCUT2D eigenvalue weighted by Crippen LogP contribution is 2.45. The van der Waals surface area contributed by atoms with Gasteiger partial charge in [0.15, 0.2) is 18.4 Å². The van der Waals surface area contributed by atoms with Crippen molar-refractivity contribution < 1.29 is 37.1 Å². The Morgan fingerprint density at radius 1 is 0.983 bits per heavy atom. The Labute approximate surface area is 344 Å². The molecule has 2 aliphatic rings. The fourth-order valence-electron chi connectivity index (χ4n) is 9.01. The van der Waals surface area contributed by atoms with Gasteiger partial charge in [-0.25, -0.2) is 18.6 Å². The van der Waals surface area contributed by atoms with Crippen LogP contribution in [0.1, 0.15) is 80.7 Å². The smallest absolute Gasteiger partial charge is 0.410 e. The predicted molar refractivity (Wildman–Crippen MR) is 227 cm³/mol. The number of fused-ring (bicyclic) bond motifs is 4. The number of halogens is 2. The molecule has 0 saturated carbocycles. The summed E-state index contributed by atoms with van der Waals surface area (Å²) in [5.41, 5.74) is 3.84. The number of hydrogen-bond acceptors (Lipinski definition) is 10. The van der Waals surface area contributed by atoms with Gasteiger partial charge < -0.3 is 28.4 Å². The van der Waals surface area contributed by atoms with Gasteiger partial charge in [0.2, 0.25) is 5.88 Å². The fraction of sp³-hybridized carbons (Fsp3) is 0.535. The molecule has 2 fully saturated rings. The summed E-state index contributed by atoms with van der Waals surface area (Å²) in [5.74, 6) is 2.55. The summed E-state index contributed by atoms with van der Waals surface area (Å²) in [6.07, 6.45) is 2.54. The van der Waals surface area contributed by atoms with Gasteiger partial charge in [0.1, 0.15) is 48.1 Å². The third-order valence-electron chi connectivity index (χ3n) is 11.5. The third-order valence-corrected chi connectivity index (χ3v) is 18.4. The summed E-state index contributed by atoms with van der Waals surface area (Å²) < 4.78 is 69.7. The van der Waals surface area contributed by atoms with Crippen molar-refractivity contribution in [3.05, 3.63) is 41.5 Å². The SMILES string of the molecule is COCOc1cc(-c2nc(OC)c3c(N4CC5CCC(C4)N5C(=O)OC(C)(C)C)nc([S+](C)[O-])nc3c2F)c2c(C#C[Si](C(C)C)(C(C)C)C(C)C)c(F)ccc2c1. The highest BCUT2D eigenvalue weighted by Gasteiger charge is 2.46. The van der Waals surface area contributed by atoms with Crippen LogP contribution in [-0.2, 0) is 20.6 Å². The van der Waals surface area contributed by atoms with Crippen LogP contribution >= 0.6 is 0 Å². The predicted octanol–water partition coefficient (Wildman–Crippen LogP) is 9.01. The van der Waals surface area contributed by atoms with Gasteiger partial charge in [0.25, 0.3) is 0 Å². The first kappa shape index (κ1) is 43.3. The molecule has 0 N–H and O–H groups in total. The van der Waals surface area contributed by atoms with Gasteiger partial charge in [0, 0.05) is 42.3 Å². The minimum absolute atomic E-state index is 0.0167. The van der Waals surface area contributed by atoms with Gasteiger partial charge in [0.05, 0.1) is 24.8 Å². The number of hydrogen-bond donors (Lipinski definition) is 0. The second kappa shape index (κ2) is 16.8. The molecule has 0 spiro atoms. The van der Waals surface area contributed by atoms with E-state index < -0.39 is 36.5 Å². The molecular formula is C43H55F2N5O6SSi. The van der Waals surface area contributed by atoms with E-state index in [4.69, 9.17) is 28.9 Å². The lowest BCUT2D eigenvalue weighted by molar-refractivity contribution is 0.0122. The number of ether oxygens (including phenoxy) is 4. The van der Waals surface area contributed by atoms with E-state index in [0.29, 0.717) is 35.4 Å². The van der Waals surface area contributed by atoms with Crippen LogP contribution in [0.4, 0.5) is 19.4 Å². The van der Waals surface area contributed by atoms with E-state index >= 15 is 8.78 Å². The molecule has 312 valence electrons. The Balaban J connectivity index is 1.60. The molecule has 58 heavy (non-hydrogen) atoms. The van der Waals surface area contributed by atoms with E-state index in [2.05, 4.69) is 58.0 Å². The van der Waals surface area contributed by atoms with Crippen molar-refractivity contribution in [3.63, 3.8) is 0 Å². The average molecular weight is 836 g/mol. The van der Waals surface area contributed by atoms with Gasteiger partial charge >= 0.3 is 11.2 Å². The Morgan fingerprint density at radius 3 is 2.17 bits per heavy atom. The van der Waals surface area contributed by atoms with Crippen LogP contribution in [0, 0.1) is 23.1 Å². The van der Waals surface area contributed by atoms with Gasteiger partial charge in [-0.15, -0.1) is 5.54 Å². The number of pyridine rings is 1. The van der Waals surface area contributed by atoms with Crippen LogP contribution in [0.2, 0.25) is 16.6 Å². The van der Waals surface area contributed by atoms with E-state index in [-0.39, 0.29) is 80.4 Å². The zero-order valence-electron chi connectivity index (χ0n) is 35.6. The van der Waals surface area contributed by atoms with Gasteiger partial charge in [-0.05, 0) is 73.8 Å². The highest BCUT2D eigenvalue weighted by atomic mass is 32.2. The Morgan fingerprint density at radius 2 is 1.62 bits per heavy atom. The molecule has 6 rings (SSSR count). The number of rotatable bonds is 10. The van der Waals surface area contributed by atoms with E-state index in [9.17, 15) is 9.35 Å². The second-order valence-corrected chi connectivity index (χ2v) is 24.0. The van der Waals surface area contributed by atoms with Crippen LogP contribution in [0.25, 0.3) is 32.9 Å². The Hall–Kier alpha value is -4.23. The maximum atomic E-state index is 17.6. The van der Waals surface area contributed by atoms with E-state index in [0.717, 1.165) is 12.8 Å². The number of aromatic nitrogens is 3. The third kappa shape index (κ3) is 8.05. The lowest BCUT2D eigenvalue weighted by Gasteiger charge is -2.42. The average Bonchev–Trinajstić information content (AvgIpc) is 3.42. The standard InChI is InChI=1S/C43H55F2N5O6SSi/c1-24(2)58(25(3)4,26(5)6)18-17-31-33(44)16-13-27-19-30(55-23-53-10)20-32(34(27)31)37-36(45)38-35(40(46-37)54-11)39(48-41(47-38)57(12)52)49-21-28-14-15-29(22-49)50(28)42(51)56-43(7,8)9/h13,16,19-20,24-26,28-29H,14-15,21-23H2,1-12H3. The van der Waals surface area contributed by atoms with E-state index in [1.165, 1.54) is 26.5 Å².